The first kappa shape index (κ1) is 21.1. The third-order valence-electron chi connectivity index (χ3n) is 3.73. The molecule has 0 saturated heterocycles. The van der Waals surface area contributed by atoms with Crippen LogP contribution in [-0.2, 0) is 20.9 Å². The fourth-order valence-corrected chi connectivity index (χ4v) is 2.32. The van der Waals surface area contributed by atoms with Gasteiger partial charge in [0.15, 0.2) is 11.6 Å². The van der Waals surface area contributed by atoms with Crippen LogP contribution in [0, 0.1) is 5.82 Å². The highest BCUT2D eigenvalue weighted by atomic mass is 19.1. The maximum Gasteiger partial charge on any atom is 0.338 e. The molecular formula is C22H21FO5. The minimum atomic E-state index is -0.699. The van der Waals surface area contributed by atoms with Crippen molar-refractivity contribution >= 4 is 11.9 Å². The molecule has 0 saturated carbocycles. The molecule has 0 heterocycles. The third-order valence-corrected chi connectivity index (χ3v) is 3.73. The largest absolute Gasteiger partial charge is 0.423 e. The lowest BCUT2D eigenvalue weighted by atomic mass is 9.99. The molecule has 0 aromatic heterocycles. The molecular weight excluding hydrogens is 363 g/mol. The average Bonchev–Trinajstić information content (AvgIpc) is 2.63. The van der Waals surface area contributed by atoms with Gasteiger partial charge in [0.2, 0.25) is 0 Å². The molecule has 0 spiro atoms. The van der Waals surface area contributed by atoms with Crippen LogP contribution in [-0.4, -0.2) is 19.0 Å². The fourth-order valence-electron chi connectivity index (χ4n) is 2.32. The molecule has 2 aromatic rings. The normalized spacial score (nSPS) is 10.3. The molecule has 0 fully saturated rings. The van der Waals surface area contributed by atoms with Gasteiger partial charge in [-0.3, -0.25) is 0 Å². The molecule has 0 radical (unpaired) electrons. The molecule has 0 unspecified atom stereocenters. The summed E-state index contributed by atoms with van der Waals surface area (Å²) in [5.41, 5.74) is 2.39. The molecule has 2 rings (SSSR count). The van der Waals surface area contributed by atoms with Crippen LogP contribution >= 0.6 is 0 Å². The topological polar surface area (TPSA) is 61.8 Å². The van der Waals surface area contributed by atoms with E-state index >= 15 is 0 Å². The van der Waals surface area contributed by atoms with Gasteiger partial charge in [-0.2, -0.15) is 0 Å². The Morgan fingerprint density at radius 2 is 1.61 bits per heavy atom. The van der Waals surface area contributed by atoms with Gasteiger partial charge in [0.1, 0.15) is 5.75 Å². The molecule has 0 amide bonds. The van der Waals surface area contributed by atoms with Crippen molar-refractivity contribution in [3.05, 3.63) is 72.1 Å². The van der Waals surface area contributed by atoms with Crippen molar-refractivity contribution in [2.45, 2.75) is 20.5 Å². The van der Waals surface area contributed by atoms with Gasteiger partial charge in [0, 0.05) is 18.3 Å². The van der Waals surface area contributed by atoms with E-state index in [0.29, 0.717) is 22.4 Å². The Morgan fingerprint density at radius 1 is 0.964 bits per heavy atom. The van der Waals surface area contributed by atoms with Crippen molar-refractivity contribution in [1.29, 1.82) is 0 Å². The maximum absolute atomic E-state index is 14.4. The SMILES string of the molecule is C=C(C)C(=O)Oc1ccc(-c2ccc(OC(=O)C(=C)C)c(F)c2)c(COC)c1. The Labute approximate surface area is 163 Å². The van der Waals surface area contributed by atoms with Gasteiger partial charge < -0.3 is 14.2 Å². The van der Waals surface area contributed by atoms with Crippen molar-refractivity contribution in [3.63, 3.8) is 0 Å². The zero-order chi connectivity index (χ0) is 20.8. The lowest BCUT2D eigenvalue weighted by molar-refractivity contribution is -0.131. The number of ether oxygens (including phenoxy) is 3. The summed E-state index contributed by atoms with van der Waals surface area (Å²) in [6, 6.07) is 9.20. The number of benzene rings is 2. The molecule has 5 nitrogen and oxygen atoms in total. The van der Waals surface area contributed by atoms with Crippen LogP contribution in [0.1, 0.15) is 19.4 Å². The Balaban J connectivity index is 2.36. The molecule has 0 N–H and O–H groups in total. The van der Waals surface area contributed by atoms with Crippen molar-refractivity contribution < 1.29 is 28.2 Å². The monoisotopic (exact) mass is 384 g/mol. The zero-order valence-electron chi connectivity index (χ0n) is 16.0. The summed E-state index contributed by atoms with van der Waals surface area (Å²) in [7, 11) is 1.52. The first-order valence-corrected chi connectivity index (χ1v) is 8.40. The number of hydrogen-bond donors (Lipinski definition) is 0. The summed E-state index contributed by atoms with van der Waals surface area (Å²) in [5.74, 6) is -1.78. The number of rotatable bonds is 7. The first-order valence-electron chi connectivity index (χ1n) is 8.40. The van der Waals surface area contributed by atoms with Crippen molar-refractivity contribution in [2.75, 3.05) is 7.11 Å². The van der Waals surface area contributed by atoms with E-state index in [-0.39, 0.29) is 23.5 Å². The highest BCUT2D eigenvalue weighted by Gasteiger charge is 2.14. The van der Waals surface area contributed by atoms with Crippen LogP contribution in [0.25, 0.3) is 11.1 Å². The number of carbonyl (C=O) groups is 2. The van der Waals surface area contributed by atoms with Crippen LogP contribution in [0.5, 0.6) is 11.5 Å². The number of hydrogen-bond acceptors (Lipinski definition) is 5. The maximum atomic E-state index is 14.4. The minimum Gasteiger partial charge on any atom is -0.423 e. The predicted octanol–water partition coefficient (Wildman–Crippen LogP) is 4.60. The van der Waals surface area contributed by atoms with E-state index in [2.05, 4.69) is 13.2 Å². The molecule has 0 aliphatic rings. The van der Waals surface area contributed by atoms with Gasteiger partial charge >= 0.3 is 11.9 Å². The van der Waals surface area contributed by atoms with Crippen molar-refractivity contribution in [2.24, 2.45) is 0 Å². The van der Waals surface area contributed by atoms with E-state index in [1.807, 2.05) is 0 Å². The Bertz CT molecular complexity index is 946. The standard InChI is InChI=1S/C22H21FO5/c1-13(2)21(24)27-17-7-8-18(16(10-17)12-26-5)15-6-9-20(19(23)11-15)28-22(25)14(3)4/h6-11H,1,3,12H2,2,4-5H3. The quantitative estimate of drug-likeness (QED) is 0.397. The highest BCUT2D eigenvalue weighted by Crippen LogP contribution is 2.31. The van der Waals surface area contributed by atoms with E-state index in [0.717, 1.165) is 0 Å². The highest BCUT2D eigenvalue weighted by molar-refractivity contribution is 5.89. The third kappa shape index (κ3) is 5.14. The molecule has 0 aliphatic heterocycles. The van der Waals surface area contributed by atoms with E-state index in [1.165, 1.54) is 26.2 Å². The van der Waals surface area contributed by atoms with Crippen LogP contribution in [0.15, 0.2) is 60.7 Å². The van der Waals surface area contributed by atoms with E-state index in [1.54, 1.807) is 31.2 Å². The summed E-state index contributed by atoms with van der Waals surface area (Å²) in [4.78, 5) is 23.3. The van der Waals surface area contributed by atoms with E-state index < -0.39 is 17.8 Å². The molecule has 6 heteroatoms. The zero-order valence-corrected chi connectivity index (χ0v) is 16.0. The van der Waals surface area contributed by atoms with Gasteiger partial charge in [-0.15, -0.1) is 0 Å². The van der Waals surface area contributed by atoms with Gasteiger partial charge in [0.25, 0.3) is 0 Å². The number of carbonyl (C=O) groups excluding carboxylic acids is 2. The molecule has 28 heavy (non-hydrogen) atoms. The smallest absolute Gasteiger partial charge is 0.338 e. The van der Waals surface area contributed by atoms with Crippen LogP contribution in [0.4, 0.5) is 4.39 Å². The Morgan fingerprint density at radius 3 is 2.18 bits per heavy atom. The summed E-state index contributed by atoms with van der Waals surface area (Å²) in [6.45, 7) is 10.3. The van der Waals surface area contributed by atoms with Gasteiger partial charge in [-0.05, 0) is 54.8 Å². The summed E-state index contributed by atoms with van der Waals surface area (Å²) in [5, 5.41) is 0. The van der Waals surface area contributed by atoms with Crippen molar-refractivity contribution in [1.82, 2.24) is 0 Å². The minimum absolute atomic E-state index is 0.172. The van der Waals surface area contributed by atoms with Crippen LogP contribution < -0.4 is 9.47 Å². The number of halogens is 1. The summed E-state index contributed by atoms with van der Waals surface area (Å²) in [6.07, 6.45) is 0. The molecule has 0 bridgehead atoms. The average molecular weight is 384 g/mol. The number of methoxy groups -OCH3 is 1. The second-order valence-electron chi connectivity index (χ2n) is 6.24. The van der Waals surface area contributed by atoms with Gasteiger partial charge in [0.05, 0.1) is 6.61 Å². The number of esters is 2. The molecule has 0 atom stereocenters. The second-order valence-corrected chi connectivity index (χ2v) is 6.24. The lowest BCUT2D eigenvalue weighted by Gasteiger charge is -2.13. The lowest BCUT2D eigenvalue weighted by Crippen LogP contribution is -2.09. The van der Waals surface area contributed by atoms with E-state index in [4.69, 9.17) is 14.2 Å². The Kier molecular flexibility index (Phi) is 6.84. The molecule has 0 aliphatic carbocycles. The van der Waals surface area contributed by atoms with E-state index in [9.17, 15) is 14.0 Å². The summed E-state index contributed by atoms with van der Waals surface area (Å²) >= 11 is 0. The first-order chi connectivity index (χ1) is 13.2. The molecule has 2 aromatic carbocycles. The fraction of sp³-hybridized carbons (Fsp3) is 0.182. The van der Waals surface area contributed by atoms with Gasteiger partial charge in [-0.25, -0.2) is 14.0 Å². The predicted molar refractivity (Wildman–Crippen MR) is 103 cm³/mol. The van der Waals surface area contributed by atoms with Crippen molar-refractivity contribution in [3.8, 4) is 22.6 Å². The summed E-state index contributed by atoms with van der Waals surface area (Å²) < 4.78 is 29.8. The second kappa shape index (κ2) is 9.10. The molecule has 146 valence electrons. The van der Waals surface area contributed by atoms with Gasteiger partial charge in [-0.1, -0.05) is 25.3 Å². The van der Waals surface area contributed by atoms with Crippen LogP contribution in [0.3, 0.4) is 0 Å². The Hall–Kier alpha value is -3.25. The van der Waals surface area contributed by atoms with Crippen LogP contribution in [0.2, 0.25) is 0 Å².